The topological polar surface area (TPSA) is 67.8 Å². The summed E-state index contributed by atoms with van der Waals surface area (Å²) in [6.45, 7) is 0.900. The first-order chi connectivity index (χ1) is 15.0. The van der Waals surface area contributed by atoms with E-state index in [1.54, 1.807) is 17.0 Å². The van der Waals surface area contributed by atoms with Crippen molar-refractivity contribution in [3.05, 3.63) is 45.7 Å². The molecule has 0 bridgehead atoms. The summed E-state index contributed by atoms with van der Waals surface area (Å²) < 4.78 is 36.0. The van der Waals surface area contributed by atoms with E-state index < -0.39 is 6.61 Å². The summed E-state index contributed by atoms with van der Waals surface area (Å²) in [5.41, 5.74) is 2.48. The van der Waals surface area contributed by atoms with Crippen LogP contribution in [0.1, 0.15) is 23.2 Å². The molecule has 0 spiro atoms. The zero-order valence-corrected chi connectivity index (χ0v) is 18.5. The van der Waals surface area contributed by atoms with Gasteiger partial charge < -0.3 is 19.3 Å². The van der Waals surface area contributed by atoms with Crippen LogP contribution in [-0.4, -0.2) is 60.2 Å². The molecule has 0 N–H and O–H groups in total. The molecular weight excluding hydrogens is 474 g/mol. The third-order valence-corrected chi connectivity index (χ3v) is 5.92. The highest BCUT2D eigenvalue weighted by atomic mass is 79.9. The molecule has 1 fully saturated rings. The number of carbonyl (C=O) groups excluding carboxylic acids is 1. The summed E-state index contributed by atoms with van der Waals surface area (Å²) in [5.74, 6) is 0.720. The Balaban J connectivity index is 1.40. The number of halogens is 3. The van der Waals surface area contributed by atoms with Gasteiger partial charge in [-0.15, -0.1) is 0 Å². The van der Waals surface area contributed by atoms with E-state index in [1.165, 1.54) is 6.07 Å². The number of alkyl halides is 2. The van der Waals surface area contributed by atoms with Crippen molar-refractivity contribution in [1.82, 2.24) is 14.9 Å². The van der Waals surface area contributed by atoms with E-state index in [0.29, 0.717) is 50.7 Å². The van der Waals surface area contributed by atoms with E-state index in [9.17, 15) is 13.6 Å². The number of hydrogen-bond donors (Lipinski definition) is 0. The van der Waals surface area contributed by atoms with E-state index in [2.05, 4.69) is 30.6 Å². The van der Waals surface area contributed by atoms with Crippen LogP contribution in [0.15, 0.2) is 28.9 Å². The third-order valence-electron chi connectivity index (χ3n) is 5.43. The molecule has 31 heavy (non-hydrogen) atoms. The number of anilines is 1. The minimum Gasteiger partial charge on any atom is -0.435 e. The molecule has 2 aliphatic rings. The molecule has 7 nitrogen and oxygen atoms in total. The molecule has 0 saturated carbocycles. The van der Waals surface area contributed by atoms with Crippen LogP contribution in [0.25, 0.3) is 0 Å². The molecule has 0 aliphatic carbocycles. The van der Waals surface area contributed by atoms with Gasteiger partial charge in [-0.1, -0.05) is 15.9 Å². The molecule has 1 aromatic carbocycles. The van der Waals surface area contributed by atoms with Crippen LogP contribution in [0, 0.1) is 0 Å². The van der Waals surface area contributed by atoms with Crippen molar-refractivity contribution < 1.29 is 23.0 Å². The standard InChI is InChI=1S/C21H23BrF2N4O3/c22-16-2-3-18(31-20(23)24)14(11-16)1-4-19(29)28-6-5-15-12-25-21(26-17(15)13-28)27-7-9-30-10-8-27/h2-3,11-12,20H,1,4-10,13H2. The minimum atomic E-state index is -2.91. The number of amides is 1. The van der Waals surface area contributed by atoms with Crippen LogP contribution in [0.2, 0.25) is 0 Å². The van der Waals surface area contributed by atoms with Crippen LogP contribution in [0.3, 0.4) is 0 Å². The van der Waals surface area contributed by atoms with Crippen molar-refractivity contribution in [2.45, 2.75) is 32.4 Å². The number of fused-ring (bicyclic) bond motifs is 1. The largest absolute Gasteiger partial charge is 0.435 e. The molecule has 2 aromatic rings. The molecule has 166 valence electrons. The fraction of sp³-hybridized carbons (Fsp3) is 0.476. The van der Waals surface area contributed by atoms with Gasteiger partial charge in [0.25, 0.3) is 0 Å². The average Bonchev–Trinajstić information content (AvgIpc) is 2.78. The predicted octanol–water partition coefficient (Wildman–Crippen LogP) is 3.19. The minimum absolute atomic E-state index is 0.0415. The lowest BCUT2D eigenvalue weighted by Crippen LogP contribution is -2.39. The van der Waals surface area contributed by atoms with Crippen molar-refractivity contribution in [1.29, 1.82) is 0 Å². The van der Waals surface area contributed by atoms with Gasteiger partial charge in [0, 0.05) is 36.7 Å². The van der Waals surface area contributed by atoms with E-state index in [-0.39, 0.29) is 18.1 Å². The molecule has 10 heteroatoms. The summed E-state index contributed by atoms with van der Waals surface area (Å²) in [6.07, 6.45) is 3.06. The first-order valence-corrected chi connectivity index (χ1v) is 11.0. The highest BCUT2D eigenvalue weighted by Gasteiger charge is 2.24. The van der Waals surface area contributed by atoms with Crippen molar-refractivity contribution in [3.8, 4) is 5.75 Å². The first kappa shape index (κ1) is 21.9. The number of carbonyl (C=O) groups is 1. The number of aryl methyl sites for hydroxylation is 1. The predicted molar refractivity (Wildman–Crippen MR) is 113 cm³/mol. The highest BCUT2D eigenvalue weighted by molar-refractivity contribution is 9.10. The average molecular weight is 497 g/mol. The van der Waals surface area contributed by atoms with Crippen LogP contribution in [-0.2, 0) is 28.9 Å². The van der Waals surface area contributed by atoms with Crippen LogP contribution in [0.4, 0.5) is 14.7 Å². The second kappa shape index (κ2) is 9.86. The normalized spacial score (nSPS) is 16.4. The lowest BCUT2D eigenvalue weighted by Gasteiger charge is -2.31. The molecule has 1 amide bonds. The molecule has 3 heterocycles. The van der Waals surface area contributed by atoms with Gasteiger partial charge in [0.15, 0.2) is 0 Å². The second-order valence-electron chi connectivity index (χ2n) is 7.44. The molecule has 0 atom stereocenters. The van der Waals surface area contributed by atoms with Crippen LogP contribution >= 0.6 is 15.9 Å². The number of rotatable bonds is 6. The van der Waals surface area contributed by atoms with Gasteiger partial charge in [0.2, 0.25) is 11.9 Å². The summed E-state index contributed by atoms with van der Waals surface area (Å²) in [6, 6.07) is 4.83. The number of benzene rings is 1. The lowest BCUT2D eigenvalue weighted by atomic mass is 10.0. The van der Waals surface area contributed by atoms with Gasteiger partial charge in [-0.2, -0.15) is 8.78 Å². The maximum absolute atomic E-state index is 12.8. The fourth-order valence-electron chi connectivity index (χ4n) is 3.78. The first-order valence-electron chi connectivity index (χ1n) is 10.2. The summed E-state index contributed by atoms with van der Waals surface area (Å²) in [4.78, 5) is 25.9. The van der Waals surface area contributed by atoms with Gasteiger partial charge in [-0.05, 0) is 42.2 Å². The quantitative estimate of drug-likeness (QED) is 0.611. The summed E-state index contributed by atoms with van der Waals surface area (Å²) >= 11 is 3.34. The van der Waals surface area contributed by atoms with Crippen molar-refractivity contribution in [3.63, 3.8) is 0 Å². The third kappa shape index (κ3) is 5.48. The fourth-order valence-corrected chi connectivity index (χ4v) is 4.18. The maximum atomic E-state index is 12.8. The monoisotopic (exact) mass is 496 g/mol. The second-order valence-corrected chi connectivity index (χ2v) is 8.35. The molecular formula is C21H23BrF2N4O3. The van der Waals surface area contributed by atoms with E-state index >= 15 is 0 Å². The number of morpholine rings is 1. The van der Waals surface area contributed by atoms with E-state index in [1.807, 2.05) is 6.20 Å². The van der Waals surface area contributed by atoms with E-state index in [4.69, 9.17) is 9.72 Å². The Labute approximate surface area is 187 Å². The summed E-state index contributed by atoms with van der Waals surface area (Å²) in [5, 5.41) is 0. The molecule has 1 saturated heterocycles. The highest BCUT2D eigenvalue weighted by Crippen LogP contribution is 2.27. The maximum Gasteiger partial charge on any atom is 0.387 e. The zero-order valence-electron chi connectivity index (χ0n) is 16.9. The van der Waals surface area contributed by atoms with Gasteiger partial charge >= 0.3 is 6.61 Å². The zero-order chi connectivity index (χ0) is 21.8. The SMILES string of the molecule is O=C(CCc1cc(Br)ccc1OC(F)F)N1CCc2cnc(N3CCOCC3)nc2C1. The summed E-state index contributed by atoms with van der Waals surface area (Å²) in [7, 11) is 0. The Kier molecular flexibility index (Phi) is 6.96. The Bertz CT molecular complexity index is 941. The number of aromatic nitrogens is 2. The molecule has 1 aromatic heterocycles. The van der Waals surface area contributed by atoms with Gasteiger partial charge in [-0.3, -0.25) is 4.79 Å². The Morgan fingerprint density at radius 3 is 2.84 bits per heavy atom. The Hall–Kier alpha value is -2.33. The lowest BCUT2D eigenvalue weighted by molar-refractivity contribution is -0.132. The van der Waals surface area contributed by atoms with Crippen molar-refractivity contribution >= 4 is 27.8 Å². The molecule has 2 aliphatic heterocycles. The van der Waals surface area contributed by atoms with Crippen LogP contribution < -0.4 is 9.64 Å². The smallest absolute Gasteiger partial charge is 0.387 e. The number of ether oxygens (including phenoxy) is 2. The van der Waals surface area contributed by atoms with E-state index in [0.717, 1.165) is 28.8 Å². The van der Waals surface area contributed by atoms with Gasteiger partial charge in [-0.25, -0.2) is 9.97 Å². The molecule has 4 rings (SSSR count). The number of nitrogens with zero attached hydrogens (tertiary/aromatic N) is 4. The Morgan fingerprint density at radius 1 is 1.26 bits per heavy atom. The van der Waals surface area contributed by atoms with Gasteiger partial charge in [0.05, 0.1) is 25.5 Å². The Morgan fingerprint density at radius 2 is 2.06 bits per heavy atom. The van der Waals surface area contributed by atoms with Crippen molar-refractivity contribution in [2.75, 3.05) is 37.7 Å². The van der Waals surface area contributed by atoms with Crippen molar-refractivity contribution in [2.24, 2.45) is 0 Å². The molecule has 0 radical (unpaired) electrons. The molecule has 0 unspecified atom stereocenters. The number of hydrogen-bond acceptors (Lipinski definition) is 6. The van der Waals surface area contributed by atoms with Crippen LogP contribution in [0.5, 0.6) is 5.75 Å². The van der Waals surface area contributed by atoms with Gasteiger partial charge in [0.1, 0.15) is 5.75 Å².